The van der Waals surface area contributed by atoms with Crippen molar-refractivity contribution in [2.45, 2.75) is 32.6 Å². The van der Waals surface area contributed by atoms with E-state index in [-0.39, 0.29) is 24.9 Å². The van der Waals surface area contributed by atoms with Gasteiger partial charge in [-0.05, 0) is 39.6 Å². The van der Waals surface area contributed by atoms with Gasteiger partial charge < -0.3 is 15.0 Å². The molecule has 0 aliphatic rings. The van der Waals surface area contributed by atoms with E-state index in [2.05, 4.69) is 23.5 Å². The summed E-state index contributed by atoms with van der Waals surface area (Å²) in [5.74, 6) is -0.118. The average molecular weight is 431 g/mol. The number of halogens is 1. The molecular formula is C23H31ClN4O2. The molecule has 0 unspecified atom stereocenters. The number of nitrogens with one attached hydrogen (secondary N) is 1. The Morgan fingerprint density at radius 2 is 1.77 bits per heavy atom. The minimum atomic E-state index is -0.934. The standard InChI is InChI=1S/C23H30N4O2.ClH/c1-23(2,22(28)24-14-15-26(3)4)29-17-20-19-12-8-9-13-21(19)27(25-20)16-18-10-6-5-7-11-18;/h5-13H,14-17H2,1-4H3,(H,24,28);1H. The molecule has 2 aromatic carbocycles. The number of fused-ring (bicyclic) bond motifs is 1. The van der Waals surface area contributed by atoms with Gasteiger partial charge in [0.15, 0.2) is 0 Å². The first-order valence-corrected chi connectivity index (χ1v) is 9.92. The second-order valence-corrected chi connectivity index (χ2v) is 7.97. The molecular weight excluding hydrogens is 400 g/mol. The van der Waals surface area contributed by atoms with E-state index in [9.17, 15) is 4.79 Å². The Morgan fingerprint density at radius 3 is 2.47 bits per heavy atom. The van der Waals surface area contributed by atoms with E-state index in [4.69, 9.17) is 9.84 Å². The molecule has 7 heteroatoms. The average Bonchev–Trinajstić information content (AvgIpc) is 3.05. The topological polar surface area (TPSA) is 59.4 Å². The number of ether oxygens (including phenoxy) is 1. The van der Waals surface area contributed by atoms with Crippen LogP contribution in [0.25, 0.3) is 10.9 Å². The number of nitrogens with zero attached hydrogens (tertiary/aromatic N) is 3. The third kappa shape index (κ3) is 6.05. The zero-order chi connectivity index (χ0) is 20.9. The van der Waals surface area contributed by atoms with E-state index >= 15 is 0 Å². The van der Waals surface area contributed by atoms with Crippen LogP contribution in [0.2, 0.25) is 0 Å². The molecule has 0 atom stereocenters. The minimum absolute atomic E-state index is 0. The molecule has 0 aliphatic heterocycles. The molecule has 0 aliphatic carbocycles. The summed E-state index contributed by atoms with van der Waals surface area (Å²) in [6.07, 6.45) is 0. The Kier molecular flexibility index (Phi) is 8.41. The summed E-state index contributed by atoms with van der Waals surface area (Å²) in [5, 5.41) is 8.77. The largest absolute Gasteiger partial charge is 0.359 e. The van der Waals surface area contributed by atoms with Crippen LogP contribution in [-0.4, -0.2) is 53.4 Å². The van der Waals surface area contributed by atoms with E-state index in [0.717, 1.165) is 23.1 Å². The van der Waals surface area contributed by atoms with Crippen LogP contribution in [0.15, 0.2) is 54.6 Å². The molecule has 1 amide bonds. The molecule has 162 valence electrons. The van der Waals surface area contributed by atoms with Gasteiger partial charge in [-0.1, -0.05) is 48.5 Å². The first kappa shape index (κ1) is 23.9. The summed E-state index contributed by atoms with van der Waals surface area (Å²) >= 11 is 0. The van der Waals surface area contributed by atoms with Crippen LogP contribution in [0.4, 0.5) is 0 Å². The van der Waals surface area contributed by atoms with Crippen LogP contribution in [0, 0.1) is 0 Å². The van der Waals surface area contributed by atoms with Gasteiger partial charge >= 0.3 is 0 Å². The fraction of sp³-hybridized carbons (Fsp3) is 0.391. The van der Waals surface area contributed by atoms with Gasteiger partial charge in [0, 0.05) is 18.5 Å². The van der Waals surface area contributed by atoms with Crippen LogP contribution >= 0.6 is 12.4 Å². The fourth-order valence-corrected chi connectivity index (χ4v) is 3.10. The zero-order valence-electron chi connectivity index (χ0n) is 18.1. The van der Waals surface area contributed by atoms with E-state index in [0.29, 0.717) is 13.1 Å². The number of likely N-dealkylation sites (N-methyl/N-ethyl adjacent to an activating group) is 1. The number of amides is 1. The van der Waals surface area contributed by atoms with Crippen molar-refractivity contribution in [1.29, 1.82) is 0 Å². The molecule has 1 N–H and O–H groups in total. The Bertz CT molecular complexity index is 954. The lowest BCUT2D eigenvalue weighted by Crippen LogP contribution is -2.46. The number of hydrogen-bond donors (Lipinski definition) is 1. The molecule has 3 aromatic rings. The minimum Gasteiger partial charge on any atom is -0.359 e. The molecule has 0 saturated carbocycles. The summed E-state index contributed by atoms with van der Waals surface area (Å²) in [4.78, 5) is 14.5. The molecule has 0 bridgehead atoms. The number of para-hydroxylation sites is 1. The lowest BCUT2D eigenvalue weighted by molar-refractivity contribution is -0.144. The van der Waals surface area contributed by atoms with E-state index in [1.54, 1.807) is 13.8 Å². The molecule has 0 fully saturated rings. The predicted octanol–water partition coefficient (Wildman–Crippen LogP) is 3.48. The molecule has 6 nitrogen and oxygen atoms in total. The highest BCUT2D eigenvalue weighted by molar-refractivity contribution is 5.85. The highest BCUT2D eigenvalue weighted by atomic mass is 35.5. The van der Waals surface area contributed by atoms with Crippen molar-refractivity contribution >= 4 is 29.2 Å². The normalized spacial score (nSPS) is 11.5. The molecule has 30 heavy (non-hydrogen) atoms. The van der Waals surface area contributed by atoms with Gasteiger partial charge in [-0.15, -0.1) is 12.4 Å². The number of rotatable bonds is 9. The summed E-state index contributed by atoms with van der Waals surface area (Å²) in [7, 11) is 3.95. The van der Waals surface area contributed by atoms with Gasteiger partial charge in [-0.25, -0.2) is 0 Å². The van der Waals surface area contributed by atoms with Crippen LogP contribution in [-0.2, 0) is 22.7 Å². The van der Waals surface area contributed by atoms with Gasteiger partial charge in [-0.2, -0.15) is 5.10 Å². The lowest BCUT2D eigenvalue weighted by Gasteiger charge is -2.24. The molecule has 1 aromatic heterocycles. The van der Waals surface area contributed by atoms with E-state index in [1.165, 1.54) is 5.56 Å². The zero-order valence-corrected chi connectivity index (χ0v) is 18.9. The van der Waals surface area contributed by atoms with Gasteiger partial charge in [-0.3, -0.25) is 9.48 Å². The van der Waals surface area contributed by atoms with Gasteiger partial charge in [0.25, 0.3) is 5.91 Å². The molecule has 0 spiro atoms. The van der Waals surface area contributed by atoms with Crippen LogP contribution < -0.4 is 5.32 Å². The fourth-order valence-electron chi connectivity index (χ4n) is 3.10. The third-order valence-corrected chi connectivity index (χ3v) is 4.87. The second kappa shape index (κ2) is 10.6. The number of benzene rings is 2. The van der Waals surface area contributed by atoms with Gasteiger partial charge in [0.1, 0.15) is 5.60 Å². The van der Waals surface area contributed by atoms with Crippen LogP contribution in [0.1, 0.15) is 25.1 Å². The summed E-state index contributed by atoms with van der Waals surface area (Å²) in [6, 6.07) is 18.4. The highest BCUT2D eigenvalue weighted by Gasteiger charge is 2.29. The highest BCUT2D eigenvalue weighted by Crippen LogP contribution is 2.22. The Morgan fingerprint density at radius 1 is 1.10 bits per heavy atom. The maximum absolute atomic E-state index is 12.5. The SMILES string of the molecule is CN(C)CCNC(=O)C(C)(C)OCc1nn(Cc2ccccc2)c2ccccc12.Cl. The maximum atomic E-state index is 12.5. The van der Waals surface area contributed by atoms with Gasteiger partial charge in [0.05, 0.1) is 24.4 Å². The first-order chi connectivity index (χ1) is 13.9. The van der Waals surface area contributed by atoms with E-state index < -0.39 is 5.60 Å². The van der Waals surface area contributed by atoms with Crippen molar-refractivity contribution in [2.24, 2.45) is 0 Å². The monoisotopic (exact) mass is 430 g/mol. The van der Waals surface area contributed by atoms with Gasteiger partial charge in [0.2, 0.25) is 0 Å². The Hall–Kier alpha value is -2.41. The Balaban J connectivity index is 0.00000320. The quantitative estimate of drug-likeness (QED) is 0.564. The number of hydrogen-bond acceptors (Lipinski definition) is 4. The smallest absolute Gasteiger partial charge is 0.251 e. The van der Waals surface area contributed by atoms with Crippen molar-refractivity contribution in [3.63, 3.8) is 0 Å². The first-order valence-electron chi connectivity index (χ1n) is 9.92. The molecule has 1 heterocycles. The maximum Gasteiger partial charge on any atom is 0.251 e. The summed E-state index contributed by atoms with van der Waals surface area (Å²) < 4.78 is 8.00. The van der Waals surface area contributed by atoms with Crippen LogP contribution in [0.3, 0.4) is 0 Å². The second-order valence-electron chi connectivity index (χ2n) is 7.97. The molecule has 0 saturated heterocycles. The van der Waals surface area contributed by atoms with Crippen LogP contribution in [0.5, 0.6) is 0 Å². The predicted molar refractivity (Wildman–Crippen MR) is 123 cm³/mol. The molecule has 3 rings (SSSR count). The Labute approximate surface area is 184 Å². The lowest BCUT2D eigenvalue weighted by atomic mass is 10.1. The summed E-state index contributed by atoms with van der Waals surface area (Å²) in [6.45, 7) is 5.93. The van der Waals surface area contributed by atoms with E-state index in [1.807, 2.05) is 60.1 Å². The number of carbonyl (C=O) groups is 1. The summed E-state index contributed by atoms with van der Waals surface area (Å²) in [5.41, 5.74) is 2.15. The van der Waals surface area contributed by atoms with Crippen molar-refractivity contribution in [1.82, 2.24) is 20.0 Å². The van der Waals surface area contributed by atoms with Crippen molar-refractivity contribution in [2.75, 3.05) is 27.2 Å². The molecule has 0 radical (unpaired) electrons. The van der Waals surface area contributed by atoms with Crippen molar-refractivity contribution < 1.29 is 9.53 Å². The number of aromatic nitrogens is 2. The van der Waals surface area contributed by atoms with Crippen molar-refractivity contribution in [3.8, 4) is 0 Å². The third-order valence-electron chi connectivity index (χ3n) is 4.87. The van der Waals surface area contributed by atoms with Crippen molar-refractivity contribution in [3.05, 3.63) is 65.9 Å². The number of carbonyl (C=O) groups excluding carboxylic acids is 1.